The topological polar surface area (TPSA) is 15.7 Å². The molecule has 3 heterocycles. The van der Waals surface area contributed by atoms with E-state index in [2.05, 4.69) is 34.2 Å². The van der Waals surface area contributed by atoms with Crippen LogP contribution in [0.4, 0.5) is 0 Å². The highest BCUT2D eigenvalue weighted by Crippen LogP contribution is 2.22. The van der Waals surface area contributed by atoms with E-state index in [1.165, 1.54) is 50.3 Å². The molecule has 1 aromatic rings. The molecule has 2 fully saturated rings. The molecule has 2 saturated heterocycles. The summed E-state index contributed by atoms with van der Waals surface area (Å²) in [5.41, 5.74) is 0. The molecule has 0 saturated carbocycles. The van der Waals surface area contributed by atoms with Crippen LogP contribution < -0.4 is 0 Å². The number of ether oxygens (including phenoxy) is 1. The minimum Gasteiger partial charge on any atom is -0.381 e. The van der Waals surface area contributed by atoms with Crippen LogP contribution in [-0.4, -0.2) is 55.2 Å². The Bertz CT molecular complexity index is 403. The number of nitrogens with zero attached hydrogens (tertiary/aromatic N) is 2. The molecule has 21 heavy (non-hydrogen) atoms. The third kappa shape index (κ3) is 4.28. The van der Waals surface area contributed by atoms with Gasteiger partial charge in [0.1, 0.15) is 0 Å². The summed E-state index contributed by atoms with van der Waals surface area (Å²) in [5.74, 6) is 0.737. The first kappa shape index (κ1) is 15.5. The van der Waals surface area contributed by atoms with Crippen molar-refractivity contribution >= 4 is 11.3 Å². The second-order valence-electron chi connectivity index (χ2n) is 6.43. The number of likely N-dealkylation sites (N-methyl/N-ethyl adjacent to an activating group) is 1. The Morgan fingerprint density at radius 1 is 1.38 bits per heavy atom. The van der Waals surface area contributed by atoms with E-state index in [9.17, 15) is 0 Å². The summed E-state index contributed by atoms with van der Waals surface area (Å²) in [6, 6.07) is 5.21. The summed E-state index contributed by atoms with van der Waals surface area (Å²) in [5, 5.41) is 2.19. The van der Waals surface area contributed by atoms with Crippen LogP contribution in [0.5, 0.6) is 0 Å². The Morgan fingerprint density at radius 3 is 3.05 bits per heavy atom. The first-order valence-electron chi connectivity index (χ1n) is 8.41. The molecule has 3 rings (SSSR count). The lowest BCUT2D eigenvalue weighted by molar-refractivity contribution is 0.139. The Kier molecular flexibility index (Phi) is 5.69. The normalized spacial score (nSPS) is 27.0. The molecule has 0 unspecified atom stereocenters. The van der Waals surface area contributed by atoms with Crippen molar-refractivity contribution in [3.8, 4) is 0 Å². The smallest absolute Gasteiger partial charge is 0.0507 e. The van der Waals surface area contributed by atoms with Gasteiger partial charge >= 0.3 is 0 Å². The maximum absolute atomic E-state index is 5.57. The van der Waals surface area contributed by atoms with Gasteiger partial charge in [0.2, 0.25) is 0 Å². The van der Waals surface area contributed by atoms with Gasteiger partial charge in [0, 0.05) is 37.2 Å². The van der Waals surface area contributed by atoms with E-state index in [-0.39, 0.29) is 0 Å². The Hall–Kier alpha value is -0.420. The minimum absolute atomic E-state index is 0.737. The van der Waals surface area contributed by atoms with E-state index in [4.69, 9.17) is 4.74 Å². The molecular formula is C17H28N2OS. The molecule has 0 amide bonds. The fourth-order valence-corrected chi connectivity index (χ4v) is 4.48. The molecule has 118 valence electrons. The van der Waals surface area contributed by atoms with Crippen LogP contribution in [0, 0.1) is 5.92 Å². The summed E-state index contributed by atoms with van der Waals surface area (Å²) in [6.45, 7) is 10.2. The van der Waals surface area contributed by atoms with Crippen molar-refractivity contribution in [2.24, 2.45) is 5.92 Å². The molecule has 0 spiro atoms. The highest BCUT2D eigenvalue weighted by molar-refractivity contribution is 7.09. The van der Waals surface area contributed by atoms with Crippen LogP contribution in [0.25, 0.3) is 0 Å². The van der Waals surface area contributed by atoms with Crippen LogP contribution in [0.15, 0.2) is 17.5 Å². The summed E-state index contributed by atoms with van der Waals surface area (Å²) >= 11 is 1.89. The zero-order valence-electron chi connectivity index (χ0n) is 13.2. The van der Waals surface area contributed by atoms with Crippen LogP contribution in [0.3, 0.4) is 0 Å². The lowest BCUT2D eigenvalue weighted by Crippen LogP contribution is -2.41. The number of hydrogen-bond acceptors (Lipinski definition) is 4. The van der Waals surface area contributed by atoms with Crippen molar-refractivity contribution < 1.29 is 4.74 Å². The summed E-state index contributed by atoms with van der Waals surface area (Å²) in [7, 11) is 0. The second kappa shape index (κ2) is 7.73. The highest BCUT2D eigenvalue weighted by atomic mass is 32.1. The van der Waals surface area contributed by atoms with Crippen LogP contribution in [-0.2, 0) is 11.3 Å². The fraction of sp³-hybridized carbons (Fsp3) is 0.765. The van der Waals surface area contributed by atoms with Gasteiger partial charge in [0.15, 0.2) is 0 Å². The molecule has 2 atom stereocenters. The van der Waals surface area contributed by atoms with E-state index in [1.807, 2.05) is 11.3 Å². The first-order chi connectivity index (χ1) is 10.3. The summed E-state index contributed by atoms with van der Waals surface area (Å²) in [6.07, 6.45) is 3.98. The Morgan fingerprint density at radius 2 is 2.33 bits per heavy atom. The van der Waals surface area contributed by atoms with Gasteiger partial charge in [-0.25, -0.2) is 0 Å². The van der Waals surface area contributed by atoms with Gasteiger partial charge in [0.25, 0.3) is 0 Å². The van der Waals surface area contributed by atoms with Gasteiger partial charge in [0.05, 0.1) is 6.61 Å². The van der Waals surface area contributed by atoms with Gasteiger partial charge in [-0.3, -0.25) is 9.80 Å². The van der Waals surface area contributed by atoms with Gasteiger partial charge < -0.3 is 4.74 Å². The monoisotopic (exact) mass is 308 g/mol. The number of rotatable bonds is 7. The third-order valence-corrected chi connectivity index (χ3v) is 5.74. The first-order valence-corrected chi connectivity index (χ1v) is 9.29. The number of hydrogen-bond donors (Lipinski definition) is 0. The Balaban J connectivity index is 1.59. The molecule has 0 aromatic carbocycles. The van der Waals surface area contributed by atoms with Gasteiger partial charge in [-0.2, -0.15) is 0 Å². The second-order valence-corrected chi connectivity index (χ2v) is 7.46. The molecule has 3 nitrogen and oxygen atoms in total. The summed E-state index contributed by atoms with van der Waals surface area (Å²) in [4.78, 5) is 6.84. The van der Waals surface area contributed by atoms with Crippen molar-refractivity contribution in [3.05, 3.63) is 22.4 Å². The standard InChI is InChI=1S/C17H28N2OS/c1-2-19-8-3-5-16(19)12-18(11-15-7-9-20-14-15)13-17-6-4-10-21-17/h4,6,10,15-16H,2-3,5,7-9,11-14H2,1H3/t15-,16+/m0/s1. The van der Waals surface area contributed by atoms with E-state index >= 15 is 0 Å². The summed E-state index contributed by atoms with van der Waals surface area (Å²) < 4.78 is 5.57. The Labute approximate surface area is 132 Å². The molecule has 4 heteroatoms. The molecule has 0 N–H and O–H groups in total. The average Bonchev–Trinajstić information content (AvgIpc) is 3.20. The molecule has 2 aliphatic heterocycles. The van der Waals surface area contributed by atoms with E-state index in [0.717, 1.165) is 31.7 Å². The van der Waals surface area contributed by atoms with Crippen molar-refractivity contribution in [1.82, 2.24) is 9.80 Å². The van der Waals surface area contributed by atoms with Gasteiger partial charge in [-0.05, 0) is 49.7 Å². The molecule has 0 aliphatic carbocycles. The number of likely N-dealkylation sites (tertiary alicyclic amines) is 1. The van der Waals surface area contributed by atoms with Crippen LogP contribution in [0.1, 0.15) is 31.1 Å². The predicted octanol–water partition coefficient (Wildman–Crippen LogP) is 3.07. The quantitative estimate of drug-likeness (QED) is 0.770. The van der Waals surface area contributed by atoms with Crippen molar-refractivity contribution in [2.75, 3.05) is 39.4 Å². The number of thiophene rings is 1. The van der Waals surface area contributed by atoms with Crippen LogP contribution >= 0.6 is 11.3 Å². The largest absolute Gasteiger partial charge is 0.381 e. The zero-order valence-corrected chi connectivity index (χ0v) is 14.0. The lowest BCUT2D eigenvalue weighted by Gasteiger charge is -2.31. The van der Waals surface area contributed by atoms with Crippen molar-refractivity contribution in [1.29, 1.82) is 0 Å². The molecule has 0 bridgehead atoms. The third-order valence-electron chi connectivity index (χ3n) is 4.87. The minimum atomic E-state index is 0.737. The van der Waals surface area contributed by atoms with E-state index in [0.29, 0.717) is 0 Å². The van der Waals surface area contributed by atoms with Gasteiger partial charge in [-0.15, -0.1) is 11.3 Å². The maximum Gasteiger partial charge on any atom is 0.0507 e. The van der Waals surface area contributed by atoms with Crippen molar-refractivity contribution in [2.45, 2.75) is 38.8 Å². The van der Waals surface area contributed by atoms with E-state index in [1.54, 1.807) is 0 Å². The molecule has 0 radical (unpaired) electrons. The van der Waals surface area contributed by atoms with Crippen LogP contribution in [0.2, 0.25) is 0 Å². The maximum atomic E-state index is 5.57. The zero-order chi connectivity index (χ0) is 14.5. The average molecular weight is 308 g/mol. The SMILES string of the molecule is CCN1CCC[C@@H]1CN(Cc1cccs1)C[C@@H]1CCOC1. The van der Waals surface area contributed by atoms with Crippen molar-refractivity contribution in [3.63, 3.8) is 0 Å². The predicted molar refractivity (Wildman–Crippen MR) is 88.8 cm³/mol. The molecular weight excluding hydrogens is 280 g/mol. The molecule has 1 aromatic heterocycles. The van der Waals surface area contributed by atoms with Gasteiger partial charge in [-0.1, -0.05) is 13.0 Å². The molecule has 2 aliphatic rings. The fourth-order valence-electron chi connectivity index (χ4n) is 3.74. The highest BCUT2D eigenvalue weighted by Gasteiger charge is 2.27. The van der Waals surface area contributed by atoms with E-state index < -0.39 is 0 Å². The lowest BCUT2D eigenvalue weighted by atomic mass is 10.1.